The van der Waals surface area contributed by atoms with E-state index >= 15 is 0 Å². The van der Waals surface area contributed by atoms with Crippen molar-refractivity contribution in [2.45, 2.75) is 48.4 Å². The summed E-state index contributed by atoms with van der Waals surface area (Å²) in [7, 11) is -1.34. The highest BCUT2D eigenvalue weighted by Gasteiger charge is 2.45. The van der Waals surface area contributed by atoms with Gasteiger partial charge in [-0.15, -0.1) is 11.3 Å². The van der Waals surface area contributed by atoms with Crippen LogP contribution in [0.4, 0.5) is 0 Å². The Morgan fingerprint density at radius 2 is 1.97 bits per heavy atom. The second-order valence-corrected chi connectivity index (χ2v) is 11.0. The highest BCUT2D eigenvalue weighted by molar-refractivity contribution is 7.85. The Labute approximate surface area is 193 Å². The molecule has 0 bridgehead atoms. The first-order valence-corrected chi connectivity index (χ1v) is 12.8. The first kappa shape index (κ1) is 22.5. The van der Waals surface area contributed by atoms with Gasteiger partial charge in [-0.05, 0) is 60.7 Å². The molecule has 9 heteroatoms. The Kier molecular flexibility index (Phi) is 7.11. The van der Waals surface area contributed by atoms with E-state index in [1.807, 2.05) is 46.7 Å². The molecule has 2 N–H and O–H groups in total. The first-order valence-electron chi connectivity index (χ1n) is 10.4. The third-order valence-electron chi connectivity index (χ3n) is 6.03. The summed E-state index contributed by atoms with van der Waals surface area (Å²) in [5.74, 6) is -1.27. The van der Waals surface area contributed by atoms with Crippen molar-refractivity contribution in [2.24, 2.45) is 11.8 Å². The first-order chi connectivity index (χ1) is 14.9. The number of aliphatic carboxylic acids is 1. The van der Waals surface area contributed by atoms with Crippen molar-refractivity contribution in [3.8, 4) is 0 Å². The van der Waals surface area contributed by atoms with Crippen LogP contribution in [0.5, 0.6) is 0 Å². The summed E-state index contributed by atoms with van der Waals surface area (Å²) in [6.45, 7) is 0.408. The fourth-order valence-electron chi connectivity index (χ4n) is 4.37. The second kappa shape index (κ2) is 9.81. The summed E-state index contributed by atoms with van der Waals surface area (Å²) >= 11 is 7.49. The van der Waals surface area contributed by atoms with Gasteiger partial charge in [-0.25, -0.2) is 8.93 Å². The smallest absolute Gasteiger partial charge is 0.304 e. The van der Waals surface area contributed by atoms with Gasteiger partial charge < -0.3 is 10.0 Å². The molecule has 2 heterocycles. The van der Waals surface area contributed by atoms with Crippen LogP contribution >= 0.6 is 22.9 Å². The molecular weight excluding hydrogens is 456 g/mol. The van der Waals surface area contributed by atoms with E-state index in [2.05, 4.69) is 4.72 Å². The van der Waals surface area contributed by atoms with Crippen molar-refractivity contribution >= 4 is 45.8 Å². The van der Waals surface area contributed by atoms with Crippen LogP contribution in [0.1, 0.15) is 43.7 Å². The molecule has 1 aromatic carbocycles. The summed E-state index contributed by atoms with van der Waals surface area (Å²) in [6.07, 6.45) is 3.11. The lowest BCUT2D eigenvalue weighted by Crippen LogP contribution is -2.53. The van der Waals surface area contributed by atoms with Crippen molar-refractivity contribution in [2.75, 3.05) is 6.54 Å². The monoisotopic (exact) mass is 480 g/mol. The number of halogens is 1. The third kappa shape index (κ3) is 5.37. The average Bonchev–Trinajstić information content (AvgIpc) is 3.43. The summed E-state index contributed by atoms with van der Waals surface area (Å²) in [5, 5.41) is 11.8. The number of likely N-dealkylation sites (tertiary alicyclic amines) is 1. The Bertz CT molecular complexity index is 947. The zero-order valence-corrected chi connectivity index (χ0v) is 19.3. The van der Waals surface area contributed by atoms with Crippen LogP contribution in [0.2, 0.25) is 5.02 Å². The van der Waals surface area contributed by atoms with E-state index in [1.54, 1.807) is 0 Å². The number of hydrogen-bond acceptors (Lipinski definition) is 4. The Morgan fingerprint density at radius 3 is 2.58 bits per heavy atom. The van der Waals surface area contributed by atoms with Gasteiger partial charge in [-0.2, -0.15) is 0 Å². The molecule has 166 valence electrons. The lowest BCUT2D eigenvalue weighted by Gasteiger charge is -2.44. The molecule has 4 atom stereocenters. The molecular formula is C22H25ClN2O4S2. The van der Waals surface area contributed by atoms with Crippen LogP contribution in [-0.2, 0) is 20.6 Å². The predicted molar refractivity (Wildman–Crippen MR) is 121 cm³/mol. The Balaban J connectivity index is 1.59. The number of rotatable bonds is 9. The van der Waals surface area contributed by atoms with Crippen molar-refractivity contribution in [1.82, 2.24) is 9.62 Å². The summed E-state index contributed by atoms with van der Waals surface area (Å²) in [4.78, 5) is 26.7. The number of benzene rings is 1. The lowest BCUT2D eigenvalue weighted by molar-refractivity contribution is -0.151. The van der Waals surface area contributed by atoms with Gasteiger partial charge in [-0.1, -0.05) is 29.8 Å². The van der Waals surface area contributed by atoms with Crippen molar-refractivity contribution in [1.29, 1.82) is 0 Å². The van der Waals surface area contributed by atoms with E-state index in [0.717, 1.165) is 22.6 Å². The molecule has 2 aromatic rings. The Hall–Kier alpha value is -1.74. The van der Waals surface area contributed by atoms with Gasteiger partial charge in [0.1, 0.15) is 15.2 Å². The number of hydrogen-bond donors (Lipinski definition) is 2. The maximum absolute atomic E-state index is 13.5. The molecule has 1 saturated carbocycles. The van der Waals surface area contributed by atoms with Crippen LogP contribution in [-0.4, -0.2) is 38.7 Å². The number of nitrogens with one attached hydrogen (secondary N) is 1. The van der Waals surface area contributed by atoms with Gasteiger partial charge >= 0.3 is 5.97 Å². The van der Waals surface area contributed by atoms with E-state index < -0.39 is 22.9 Å². The van der Waals surface area contributed by atoms with E-state index in [1.165, 1.54) is 11.3 Å². The molecule has 1 amide bonds. The third-order valence-corrected chi connectivity index (χ3v) is 8.62. The summed E-state index contributed by atoms with van der Waals surface area (Å²) < 4.78 is 16.5. The predicted octanol–water partition coefficient (Wildman–Crippen LogP) is 4.25. The molecule has 1 aliphatic heterocycles. The minimum atomic E-state index is -1.34. The summed E-state index contributed by atoms with van der Waals surface area (Å²) in [6, 6.07) is 10.9. The number of carbonyl (C=O) groups excluding carboxylic acids is 1. The zero-order valence-electron chi connectivity index (χ0n) is 16.9. The number of carboxylic acids is 1. The van der Waals surface area contributed by atoms with Gasteiger partial charge in [0.05, 0.1) is 12.5 Å². The van der Waals surface area contributed by atoms with Gasteiger partial charge in [0, 0.05) is 23.5 Å². The SMILES string of the molecule is O=C(O)CC1CCC(c2ccc(Cl)cc2)N(C(CNS(=O)c2cccs2)C2CC2)C1=O. The van der Waals surface area contributed by atoms with Gasteiger partial charge in [0.2, 0.25) is 5.91 Å². The molecule has 0 radical (unpaired) electrons. The number of amides is 1. The summed E-state index contributed by atoms with van der Waals surface area (Å²) in [5.41, 5.74) is 0.997. The second-order valence-electron chi connectivity index (χ2n) is 8.14. The van der Waals surface area contributed by atoms with Crippen LogP contribution < -0.4 is 4.72 Å². The molecule has 4 rings (SSSR count). The van der Waals surface area contributed by atoms with E-state index in [0.29, 0.717) is 30.3 Å². The molecule has 31 heavy (non-hydrogen) atoms. The van der Waals surface area contributed by atoms with Crippen molar-refractivity contribution in [3.63, 3.8) is 0 Å². The highest BCUT2D eigenvalue weighted by Crippen LogP contribution is 2.43. The number of carboxylic acid groups (broad SMARTS) is 1. The highest BCUT2D eigenvalue weighted by atomic mass is 35.5. The van der Waals surface area contributed by atoms with Crippen LogP contribution in [0.15, 0.2) is 46.0 Å². The van der Waals surface area contributed by atoms with Crippen LogP contribution in [0.25, 0.3) is 0 Å². The number of thiophene rings is 1. The molecule has 2 aliphatic rings. The van der Waals surface area contributed by atoms with Crippen LogP contribution in [0, 0.1) is 11.8 Å². The maximum atomic E-state index is 13.5. The minimum absolute atomic E-state index is 0.116. The molecule has 4 unspecified atom stereocenters. The van der Waals surface area contributed by atoms with Crippen molar-refractivity contribution in [3.05, 3.63) is 52.4 Å². The molecule has 1 aromatic heterocycles. The van der Waals surface area contributed by atoms with Gasteiger partial charge in [0.25, 0.3) is 0 Å². The largest absolute Gasteiger partial charge is 0.481 e. The standard InChI is InChI=1S/C22H25ClN2O4S2/c23-17-8-5-14(6-9-17)18-10-7-16(12-20(26)27)22(28)25(18)19(15-3-4-15)13-24-31(29)21-2-1-11-30-21/h1-2,5-6,8-9,11,15-16,18-19,24H,3-4,7,10,12-13H2,(H,26,27). The van der Waals surface area contributed by atoms with Crippen molar-refractivity contribution < 1.29 is 18.9 Å². The normalized spacial score (nSPS) is 23.5. The van der Waals surface area contributed by atoms with Crippen LogP contribution in [0.3, 0.4) is 0 Å². The molecule has 2 fully saturated rings. The zero-order chi connectivity index (χ0) is 22.0. The fraction of sp³-hybridized carbons (Fsp3) is 0.455. The molecule has 6 nitrogen and oxygen atoms in total. The topological polar surface area (TPSA) is 86.7 Å². The lowest BCUT2D eigenvalue weighted by atomic mass is 9.84. The number of nitrogens with zero attached hydrogens (tertiary/aromatic N) is 1. The molecule has 0 spiro atoms. The quantitative estimate of drug-likeness (QED) is 0.561. The molecule has 1 saturated heterocycles. The number of piperidine rings is 1. The average molecular weight is 481 g/mol. The van der Waals surface area contributed by atoms with E-state index in [-0.39, 0.29) is 24.4 Å². The Morgan fingerprint density at radius 1 is 1.23 bits per heavy atom. The maximum Gasteiger partial charge on any atom is 0.304 e. The minimum Gasteiger partial charge on any atom is -0.481 e. The van der Waals surface area contributed by atoms with E-state index in [4.69, 9.17) is 11.6 Å². The number of carbonyl (C=O) groups is 2. The molecule has 1 aliphatic carbocycles. The van der Waals surface area contributed by atoms with Gasteiger partial charge in [-0.3, -0.25) is 9.59 Å². The fourth-order valence-corrected chi connectivity index (χ4v) is 6.30. The van der Waals surface area contributed by atoms with E-state index in [9.17, 15) is 18.9 Å². The van der Waals surface area contributed by atoms with Gasteiger partial charge in [0.15, 0.2) is 0 Å².